The number of aryl methyl sites for hydroxylation is 1. The lowest BCUT2D eigenvalue weighted by atomic mass is 10.1. The minimum Gasteiger partial charge on any atom is -0.355 e. The highest BCUT2D eigenvalue weighted by molar-refractivity contribution is 6.30. The Hall–Kier alpha value is -2.33. The smallest absolute Gasteiger partial charge is 0.227 e. The molecule has 25 heavy (non-hydrogen) atoms. The van der Waals surface area contributed by atoms with Gasteiger partial charge in [0.15, 0.2) is 0 Å². The maximum Gasteiger partial charge on any atom is 0.227 e. The van der Waals surface area contributed by atoms with E-state index in [1.54, 1.807) is 23.1 Å². The lowest BCUT2D eigenvalue weighted by molar-refractivity contribution is -0.126. The number of rotatable bonds is 5. The standard InChI is InChI=1S/C20H21ClN2O2/c1-14-5-2-3-6-15(14)9-10-22-20(25)16-11-19(24)23(13-16)18-8-4-7-17(21)12-18/h2-8,12,16H,9-11,13H2,1H3,(H,22,25). The van der Waals surface area contributed by atoms with Gasteiger partial charge < -0.3 is 10.2 Å². The van der Waals surface area contributed by atoms with Gasteiger partial charge in [0.25, 0.3) is 0 Å². The molecule has 0 aliphatic carbocycles. The number of carbonyl (C=O) groups is 2. The van der Waals surface area contributed by atoms with Crippen molar-refractivity contribution in [1.82, 2.24) is 5.32 Å². The quantitative estimate of drug-likeness (QED) is 0.893. The summed E-state index contributed by atoms with van der Waals surface area (Å²) in [6.45, 7) is 3.04. The number of benzene rings is 2. The summed E-state index contributed by atoms with van der Waals surface area (Å²) in [5.41, 5.74) is 3.19. The van der Waals surface area contributed by atoms with Crippen molar-refractivity contribution in [3.63, 3.8) is 0 Å². The number of nitrogens with one attached hydrogen (secondary N) is 1. The first-order valence-electron chi connectivity index (χ1n) is 8.43. The average molecular weight is 357 g/mol. The van der Waals surface area contributed by atoms with Crippen LogP contribution < -0.4 is 10.2 Å². The van der Waals surface area contributed by atoms with Gasteiger partial charge in [0, 0.05) is 30.2 Å². The van der Waals surface area contributed by atoms with Crippen molar-refractivity contribution >= 4 is 29.1 Å². The van der Waals surface area contributed by atoms with Crippen LogP contribution in [0.15, 0.2) is 48.5 Å². The molecule has 0 aromatic heterocycles. The van der Waals surface area contributed by atoms with E-state index < -0.39 is 0 Å². The summed E-state index contributed by atoms with van der Waals surface area (Å²) < 4.78 is 0. The Kier molecular flexibility index (Phi) is 5.39. The van der Waals surface area contributed by atoms with Crippen molar-refractivity contribution in [3.05, 3.63) is 64.7 Å². The van der Waals surface area contributed by atoms with E-state index in [9.17, 15) is 9.59 Å². The van der Waals surface area contributed by atoms with Crippen LogP contribution in [0.5, 0.6) is 0 Å². The SMILES string of the molecule is Cc1ccccc1CCNC(=O)C1CC(=O)N(c2cccc(Cl)c2)C1. The highest BCUT2D eigenvalue weighted by Gasteiger charge is 2.34. The predicted octanol–water partition coefficient (Wildman–Crippen LogP) is 3.36. The Morgan fingerprint density at radius 2 is 2.04 bits per heavy atom. The van der Waals surface area contributed by atoms with Crippen LogP contribution in [-0.4, -0.2) is 24.9 Å². The fraction of sp³-hybridized carbons (Fsp3) is 0.300. The maximum atomic E-state index is 12.4. The van der Waals surface area contributed by atoms with E-state index in [1.807, 2.05) is 18.2 Å². The van der Waals surface area contributed by atoms with Crippen LogP contribution in [0.25, 0.3) is 0 Å². The zero-order valence-electron chi connectivity index (χ0n) is 14.2. The molecule has 1 unspecified atom stereocenters. The molecular formula is C20H21ClN2O2. The zero-order chi connectivity index (χ0) is 17.8. The molecule has 0 spiro atoms. The summed E-state index contributed by atoms with van der Waals surface area (Å²) in [6, 6.07) is 15.3. The van der Waals surface area contributed by atoms with Crippen molar-refractivity contribution in [3.8, 4) is 0 Å². The van der Waals surface area contributed by atoms with Crippen LogP contribution >= 0.6 is 11.6 Å². The third kappa shape index (κ3) is 4.20. The lowest BCUT2D eigenvalue weighted by Gasteiger charge is -2.17. The van der Waals surface area contributed by atoms with E-state index >= 15 is 0 Å². The molecule has 4 nitrogen and oxygen atoms in total. The molecule has 130 valence electrons. The number of nitrogens with zero attached hydrogens (tertiary/aromatic N) is 1. The molecule has 2 aromatic carbocycles. The second-order valence-electron chi connectivity index (χ2n) is 6.35. The minimum absolute atomic E-state index is 0.0404. The maximum absolute atomic E-state index is 12.4. The monoisotopic (exact) mass is 356 g/mol. The van der Waals surface area contributed by atoms with Crippen LogP contribution in [0.2, 0.25) is 5.02 Å². The first kappa shape index (κ1) is 17.5. The zero-order valence-corrected chi connectivity index (χ0v) is 14.9. The lowest BCUT2D eigenvalue weighted by Crippen LogP contribution is -2.34. The Bertz CT molecular complexity index is 791. The van der Waals surface area contributed by atoms with Gasteiger partial charge in [-0.3, -0.25) is 9.59 Å². The summed E-state index contributed by atoms with van der Waals surface area (Å²) in [4.78, 5) is 26.3. The molecule has 1 fully saturated rings. The van der Waals surface area contributed by atoms with E-state index in [-0.39, 0.29) is 24.2 Å². The van der Waals surface area contributed by atoms with Gasteiger partial charge in [0.05, 0.1) is 5.92 Å². The minimum atomic E-state index is -0.316. The third-order valence-corrected chi connectivity index (χ3v) is 4.81. The Morgan fingerprint density at radius 3 is 2.80 bits per heavy atom. The number of carbonyl (C=O) groups excluding carboxylic acids is 2. The van der Waals surface area contributed by atoms with E-state index in [4.69, 9.17) is 11.6 Å². The summed E-state index contributed by atoms with van der Waals surface area (Å²) in [6.07, 6.45) is 1.03. The number of amides is 2. The number of hydrogen-bond donors (Lipinski definition) is 1. The molecule has 0 saturated carbocycles. The van der Waals surface area contributed by atoms with E-state index in [0.29, 0.717) is 18.1 Å². The molecule has 1 aliphatic rings. The molecule has 1 heterocycles. The number of anilines is 1. The Morgan fingerprint density at radius 1 is 1.24 bits per heavy atom. The van der Waals surface area contributed by atoms with Crippen LogP contribution in [0.4, 0.5) is 5.69 Å². The van der Waals surface area contributed by atoms with Crippen molar-refractivity contribution < 1.29 is 9.59 Å². The van der Waals surface area contributed by atoms with Gasteiger partial charge in [0.2, 0.25) is 11.8 Å². The highest BCUT2D eigenvalue weighted by atomic mass is 35.5. The summed E-state index contributed by atoms with van der Waals surface area (Å²) in [5, 5.41) is 3.54. The Balaban J connectivity index is 1.55. The summed E-state index contributed by atoms with van der Waals surface area (Å²) in [5.74, 6) is -0.420. The molecule has 0 bridgehead atoms. The normalized spacial score (nSPS) is 17.0. The first-order chi connectivity index (χ1) is 12.0. The summed E-state index contributed by atoms with van der Waals surface area (Å²) in [7, 11) is 0. The van der Waals surface area contributed by atoms with Crippen molar-refractivity contribution in [1.29, 1.82) is 0 Å². The van der Waals surface area contributed by atoms with Gasteiger partial charge in [-0.2, -0.15) is 0 Å². The van der Waals surface area contributed by atoms with Crippen molar-refractivity contribution in [2.24, 2.45) is 5.92 Å². The van der Waals surface area contributed by atoms with E-state index in [1.165, 1.54) is 11.1 Å². The molecule has 2 amide bonds. The molecule has 1 aliphatic heterocycles. The number of halogens is 1. The van der Waals surface area contributed by atoms with Gasteiger partial charge in [-0.1, -0.05) is 41.9 Å². The van der Waals surface area contributed by atoms with Crippen LogP contribution in [-0.2, 0) is 16.0 Å². The largest absolute Gasteiger partial charge is 0.355 e. The van der Waals surface area contributed by atoms with E-state index in [0.717, 1.165) is 12.1 Å². The van der Waals surface area contributed by atoms with Crippen LogP contribution in [0, 0.1) is 12.8 Å². The molecule has 5 heteroatoms. The topological polar surface area (TPSA) is 49.4 Å². The Labute approximate surface area is 152 Å². The van der Waals surface area contributed by atoms with Gasteiger partial charge in [0.1, 0.15) is 0 Å². The van der Waals surface area contributed by atoms with Crippen LogP contribution in [0.3, 0.4) is 0 Å². The fourth-order valence-electron chi connectivity index (χ4n) is 3.13. The van der Waals surface area contributed by atoms with Crippen molar-refractivity contribution in [2.45, 2.75) is 19.8 Å². The van der Waals surface area contributed by atoms with Gasteiger partial charge in [-0.05, 0) is 42.7 Å². The fourth-order valence-corrected chi connectivity index (χ4v) is 3.32. The number of hydrogen-bond acceptors (Lipinski definition) is 2. The first-order valence-corrected chi connectivity index (χ1v) is 8.80. The molecule has 2 aromatic rings. The molecular weight excluding hydrogens is 336 g/mol. The van der Waals surface area contributed by atoms with Gasteiger partial charge >= 0.3 is 0 Å². The highest BCUT2D eigenvalue weighted by Crippen LogP contribution is 2.27. The molecule has 0 radical (unpaired) electrons. The van der Waals surface area contributed by atoms with Gasteiger partial charge in [-0.25, -0.2) is 0 Å². The van der Waals surface area contributed by atoms with Crippen molar-refractivity contribution in [2.75, 3.05) is 18.0 Å². The second kappa shape index (κ2) is 7.70. The molecule has 1 N–H and O–H groups in total. The van der Waals surface area contributed by atoms with Gasteiger partial charge in [-0.15, -0.1) is 0 Å². The molecule has 3 rings (SSSR count). The molecule has 1 saturated heterocycles. The summed E-state index contributed by atoms with van der Waals surface area (Å²) >= 11 is 5.99. The van der Waals surface area contributed by atoms with E-state index in [2.05, 4.69) is 24.4 Å². The third-order valence-electron chi connectivity index (χ3n) is 4.57. The molecule has 1 atom stereocenters. The van der Waals surface area contributed by atoms with Crippen LogP contribution in [0.1, 0.15) is 17.5 Å². The average Bonchev–Trinajstić information content (AvgIpc) is 2.98. The predicted molar refractivity (Wildman–Crippen MR) is 99.8 cm³/mol. The second-order valence-corrected chi connectivity index (χ2v) is 6.79.